The first-order valence-corrected chi connectivity index (χ1v) is 12.3. The number of halogens is 4. The van der Waals surface area contributed by atoms with Crippen LogP contribution in [0.2, 0.25) is 0 Å². The number of carbonyl (C=O) groups is 2. The highest BCUT2D eigenvalue weighted by molar-refractivity contribution is 5.95. The summed E-state index contributed by atoms with van der Waals surface area (Å²) in [6.45, 7) is 1.03. The third-order valence-electron chi connectivity index (χ3n) is 5.62. The Labute approximate surface area is 232 Å². The highest BCUT2D eigenvalue weighted by atomic mass is 19.3. The quantitative estimate of drug-likeness (QED) is 0.212. The van der Waals surface area contributed by atoms with Gasteiger partial charge in [0.2, 0.25) is 0 Å². The number of carbonyl (C=O) groups excluding carboxylic acids is 1. The number of rotatable bonds is 11. The number of alkyl halides is 4. The van der Waals surface area contributed by atoms with Gasteiger partial charge >= 0.3 is 18.2 Å². The summed E-state index contributed by atoms with van der Waals surface area (Å²) in [6.07, 6.45) is -6.68. The van der Waals surface area contributed by atoms with Crippen LogP contribution in [0, 0.1) is 0 Å². The molecular weight excluding hydrogens is 546 g/mol. The van der Waals surface area contributed by atoms with E-state index in [-0.39, 0.29) is 23.6 Å². The zero-order valence-electron chi connectivity index (χ0n) is 21.9. The monoisotopic (exact) mass is 571 g/mol. The van der Waals surface area contributed by atoms with Crippen LogP contribution < -0.4 is 14.8 Å². The first-order chi connectivity index (χ1) is 19.3. The van der Waals surface area contributed by atoms with Crippen molar-refractivity contribution in [3.8, 4) is 34.0 Å². The van der Waals surface area contributed by atoms with Crippen LogP contribution in [0.25, 0.3) is 22.5 Å². The van der Waals surface area contributed by atoms with Gasteiger partial charge in [-0.15, -0.1) is 0 Å². The minimum Gasteiger partial charge on any atom is -0.480 e. The van der Waals surface area contributed by atoms with Crippen LogP contribution in [0.5, 0.6) is 11.5 Å². The van der Waals surface area contributed by atoms with Crippen LogP contribution in [0.1, 0.15) is 29.8 Å². The zero-order chi connectivity index (χ0) is 29.8. The Bertz CT molecular complexity index is 1510. The van der Waals surface area contributed by atoms with Crippen LogP contribution in [-0.2, 0) is 11.3 Å². The summed E-state index contributed by atoms with van der Waals surface area (Å²) in [7, 11) is 0. The number of aromatic nitrogens is 2. The number of hydrogen-bond acceptors (Lipinski definition) is 5. The Kier molecular flexibility index (Phi) is 8.31. The number of aliphatic carboxylic acids is 1. The molecule has 0 aliphatic heterocycles. The molecule has 0 bridgehead atoms. The molecule has 2 N–H and O–H groups in total. The lowest BCUT2D eigenvalue weighted by molar-refractivity contribution is -0.159. The van der Waals surface area contributed by atoms with E-state index in [1.807, 2.05) is 0 Å². The van der Waals surface area contributed by atoms with Gasteiger partial charge in [-0.3, -0.25) is 14.3 Å². The minimum absolute atomic E-state index is 0.0169. The number of ether oxygens (including phenoxy) is 2. The molecule has 1 amide bonds. The second kappa shape index (κ2) is 11.7. The van der Waals surface area contributed by atoms with E-state index in [1.54, 1.807) is 59.3 Å². The normalized spacial score (nSPS) is 11.7. The molecular formula is C29H25F4N3O5. The molecule has 1 aromatic heterocycles. The van der Waals surface area contributed by atoms with Gasteiger partial charge in [0.25, 0.3) is 5.91 Å². The number of carboxylic acid groups (broad SMARTS) is 1. The summed E-state index contributed by atoms with van der Waals surface area (Å²) in [4.78, 5) is 22.8. The molecule has 1 heterocycles. The fourth-order valence-electron chi connectivity index (χ4n) is 3.90. The highest BCUT2D eigenvalue weighted by Gasteiger charge is 2.24. The molecule has 12 heteroatoms. The predicted octanol–water partition coefficient (Wildman–Crippen LogP) is 6.06. The topological polar surface area (TPSA) is 103 Å². The van der Waals surface area contributed by atoms with Gasteiger partial charge in [0.15, 0.2) is 0 Å². The van der Waals surface area contributed by atoms with Gasteiger partial charge in [-0.2, -0.15) is 22.7 Å². The van der Waals surface area contributed by atoms with Gasteiger partial charge in [-0.1, -0.05) is 12.1 Å². The van der Waals surface area contributed by atoms with Crippen LogP contribution in [-0.4, -0.2) is 45.5 Å². The van der Waals surface area contributed by atoms with Gasteiger partial charge in [0.1, 0.15) is 18.0 Å². The van der Waals surface area contributed by atoms with E-state index in [1.165, 1.54) is 24.3 Å². The lowest BCUT2D eigenvalue weighted by atomic mass is 10.1. The Hall–Kier alpha value is -4.87. The Balaban J connectivity index is 1.63. The van der Waals surface area contributed by atoms with Gasteiger partial charge in [0, 0.05) is 30.5 Å². The first-order valence-electron chi connectivity index (χ1n) is 12.3. The number of hydrogen-bond donors (Lipinski definition) is 2. The van der Waals surface area contributed by atoms with Gasteiger partial charge < -0.3 is 19.9 Å². The molecule has 0 aliphatic rings. The maximum absolute atomic E-state index is 13.3. The van der Waals surface area contributed by atoms with E-state index >= 15 is 0 Å². The molecule has 8 nitrogen and oxygen atoms in total. The van der Waals surface area contributed by atoms with Crippen molar-refractivity contribution in [1.29, 1.82) is 0 Å². The van der Waals surface area contributed by atoms with Gasteiger partial charge in [0.05, 0.1) is 17.9 Å². The van der Waals surface area contributed by atoms with E-state index in [0.717, 1.165) is 5.56 Å². The smallest absolute Gasteiger partial charge is 0.394 e. The van der Waals surface area contributed by atoms with Crippen molar-refractivity contribution in [2.24, 2.45) is 0 Å². The number of benzene rings is 3. The Morgan fingerprint density at radius 1 is 0.829 bits per heavy atom. The number of nitrogens with one attached hydrogen (secondary N) is 1. The van der Waals surface area contributed by atoms with Crippen LogP contribution >= 0.6 is 0 Å². The lowest BCUT2D eigenvalue weighted by Crippen LogP contribution is -2.29. The lowest BCUT2D eigenvalue weighted by Gasteiger charge is -2.13. The molecule has 0 spiro atoms. The molecule has 0 unspecified atom stereocenters. The fourth-order valence-corrected chi connectivity index (χ4v) is 3.90. The standard InChI is InChI=1S/C29H25F4N3O5/c1-28(30,31)40-22-11-7-19(8-12-22)24-15-25(20-9-13-23(14-10-20)41-29(2,32)33)36(35-24)17-18-3-5-21(6-4-18)27(39)34-16-26(37)38/h3-15H,16-17H2,1-2H3,(H,34,39)(H,37,38). The zero-order valence-corrected chi connectivity index (χ0v) is 21.9. The van der Waals surface area contributed by atoms with Crippen molar-refractivity contribution in [3.63, 3.8) is 0 Å². The predicted molar refractivity (Wildman–Crippen MR) is 141 cm³/mol. The summed E-state index contributed by atoms with van der Waals surface area (Å²) in [5.74, 6) is -1.73. The van der Waals surface area contributed by atoms with E-state index < -0.39 is 30.6 Å². The maximum atomic E-state index is 13.3. The average Bonchev–Trinajstić information content (AvgIpc) is 3.30. The van der Waals surface area contributed by atoms with E-state index in [4.69, 9.17) is 5.11 Å². The van der Waals surface area contributed by atoms with E-state index in [0.29, 0.717) is 36.4 Å². The Morgan fingerprint density at radius 2 is 1.34 bits per heavy atom. The second-order valence-corrected chi connectivity index (χ2v) is 9.21. The summed E-state index contributed by atoms with van der Waals surface area (Å²) in [6, 6.07) is 20.3. The summed E-state index contributed by atoms with van der Waals surface area (Å²) < 4.78 is 63.8. The van der Waals surface area contributed by atoms with Crippen LogP contribution in [0.15, 0.2) is 78.9 Å². The van der Waals surface area contributed by atoms with Crippen molar-refractivity contribution < 1.29 is 41.7 Å². The molecule has 4 aromatic rings. The van der Waals surface area contributed by atoms with Crippen molar-refractivity contribution in [3.05, 3.63) is 90.0 Å². The van der Waals surface area contributed by atoms with Crippen molar-refractivity contribution >= 4 is 11.9 Å². The Morgan fingerprint density at radius 3 is 1.83 bits per heavy atom. The third-order valence-corrected chi connectivity index (χ3v) is 5.62. The number of carboxylic acids is 1. The fraction of sp³-hybridized carbons (Fsp3) is 0.207. The SMILES string of the molecule is CC(F)(F)Oc1ccc(-c2cc(-c3ccc(OC(C)(F)F)cc3)n(Cc3ccc(C(=O)NCC(=O)O)cc3)n2)cc1. The average molecular weight is 572 g/mol. The molecule has 0 radical (unpaired) electrons. The summed E-state index contributed by atoms with van der Waals surface area (Å²) in [5, 5.41) is 15.7. The molecule has 0 aliphatic carbocycles. The van der Waals surface area contributed by atoms with Crippen molar-refractivity contribution in [2.75, 3.05) is 6.54 Å². The molecule has 4 rings (SSSR count). The number of amides is 1. The summed E-state index contributed by atoms with van der Waals surface area (Å²) >= 11 is 0. The molecule has 0 saturated carbocycles. The van der Waals surface area contributed by atoms with E-state index in [2.05, 4.69) is 19.9 Å². The minimum atomic E-state index is -3.34. The van der Waals surface area contributed by atoms with Gasteiger partial charge in [-0.25, -0.2) is 0 Å². The second-order valence-electron chi connectivity index (χ2n) is 9.21. The molecule has 41 heavy (non-hydrogen) atoms. The highest BCUT2D eigenvalue weighted by Crippen LogP contribution is 2.31. The molecule has 0 saturated heterocycles. The third kappa shape index (κ3) is 8.31. The van der Waals surface area contributed by atoms with Gasteiger partial charge in [-0.05, 0) is 72.3 Å². The van der Waals surface area contributed by atoms with Crippen LogP contribution in [0.3, 0.4) is 0 Å². The molecule has 0 fully saturated rings. The number of nitrogens with zero attached hydrogens (tertiary/aromatic N) is 2. The molecule has 3 aromatic carbocycles. The molecule has 0 atom stereocenters. The maximum Gasteiger partial charge on any atom is 0.394 e. The molecule has 214 valence electrons. The van der Waals surface area contributed by atoms with Crippen molar-refractivity contribution in [1.82, 2.24) is 15.1 Å². The van der Waals surface area contributed by atoms with Crippen molar-refractivity contribution in [2.45, 2.75) is 32.6 Å². The van der Waals surface area contributed by atoms with Crippen LogP contribution in [0.4, 0.5) is 17.6 Å². The van der Waals surface area contributed by atoms with E-state index in [9.17, 15) is 27.2 Å². The summed E-state index contributed by atoms with van der Waals surface area (Å²) in [5.41, 5.74) is 3.44. The largest absolute Gasteiger partial charge is 0.480 e. The first kappa shape index (κ1) is 29.1.